The van der Waals surface area contributed by atoms with Crippen molar-refractivity contribution >= 4 is 27.2 Å². The van der Waals surface area contributed by atoms with Crippen LogP contribution in [0.3, 0.4) is 0 Å². The molecule has 0 aliphatic carbocycles. The lowest BCUT2D eigenvalue weighted by Gasteiger charge is -2.36. The van der Waals surface area contributed by atoms with E-state index in [1.807, 2.05) is 52.7 Å². The molecule has 2 aromatic heterocycles. The van der Waals surface area contributed by atoms with E-state index in [4.69, 9.17) is 9.26 Å². The molecule has 2 aromatic carbocycles. The van der Waals surface area contributed by atoms with Gasteiger partial charge in [-0.05, 0) is 35.7 Å². The van der Waals surface area contributed by atoms with Crippen LogP contribution in [-0.2, 0) is 0 Å². The van der Waals surface area contributed by atoms with Gasteiger partial charge in [-0.1, -0.05) is 29.4 Å². The van der Waals surface area contributed by atoms with Crippen LogP contribution in [0.15, 0.2) is 64.5 Å². The van der Waals surface area contributed by atoms with Gasteiger partial charge in [-0.2, -0.15) is 0 Å². The molecule has 5 rings (SSSR count). The van der Waals surface area contributed by atoms with E-state index < -0.39 is 6.10 Å². The molecule has 3 heterocycles. The van der Waals surface area contributed by atoms with Crippen LogP contribution < -0.4 is 9.64 Å². The van der Waals surface area contributed by atoms with Gasteiger partial charge in [0.2, 0.25) is 0 Å². The first-order valence-electron chi connectivity index (χ1n) is 10.6. The summed E-state index contributed by atoms with van der Waals surface area (Å²) in [6.45, 7) is 3.70. The van der Waals surface area contributed by atoms with Gasteiger partial charge in [0, 0.05) is 38.3 Å². The first kappa shape index (κ1) is 20.9. The lowest BCUT2D eigenvalue weighted by Crippen LogP contribution is -2.49. The smallest absolute Gasteiger partial charge is 0.175 e. The van der Waals surface area contributed by atoms with Crippen LogP contribution in [0.2, 0.25) is 0 Å². The zero-order chi connectivity index (χ0) is 21.9. The third-order valence-electron chi connectivity index (χ3n) is 5.68. The van der Waals surface area contributed by atoms with Gasteiger partial charge in [-0.15, -0.1) is 11.3 Å². The Morgan fingerprint density at radius 3 is 2.78 bits per heavy atom. The van der Waals surface area contributed by atoms with Crippen LogP contribution in [0.1, 0.15) is 0 Å². The molecule has 1 N–H and O–H groups in total. The molecule has 0 spiro atoms. The highest BCUT2D eigenvalue weighted by molar-refractivity contribution is 7.16. The number of aromatic nitrogens is 1. The summed E-state index contributed by atoms with van der Waals surface area (Å²) in [7, 11) is 0. The molecule has 8 heteroatoms. The van der Waals surface area contributed by atoms with E-state index in [0.29, 0.717) is 18.0 Å². The van der Waals surface area contributed by atoms with Crippen LogP contribution in [0.5, 0.6) is 5.75 Å². The lowest BCUT2D eigenvalue weighted by molar-refractivity contribution is 0.0663. The fourth-order valence-corrected chi connectivity index (χ4v) is 4.74. The summed E-state index contributed by atoms with van der Waals surface area (Å²) in [5.74, 6) is 1.20. The minimum atomic E-state index is -0.618. The van der Waals surface area contributed by atoms with Gasteiger partial charge in [-0.3, -0.25) is 4.90 Å². The molecule has 0 amide bonds. The molecule has 166 valence electrons. The van der Waals surface area contributed by atoms with Crippen molar-refractivity contribution in [2.24, 2.45) is 0 Å². The number of rotatable bonds is 7. The van der Waals surface area contributed by atoms with Crippen molar-refractivity contribution < 1.29 is 18.8 Å². The first-order valence-corrected chi connectivity index (χ1v) is 11.5. The van der Waals surface area contributed by atoms with Crippen LogP contribution in [-0.4, -0.2) is 60.6 Å². The molecule has 32 heavy (non-hydrogen) atoms. The number of β-amino-alcohol motifs (C(OH)–C–C–N with tert-alkyl or cyclic N) is 1. The molecule has 6 nitrogen and oxygen atoms in total. The highest BCUT2D eigenvalue weighted by Gasteiger charge is 2.21. The molecular formula is C24H24FN3O3S. The predicted molar refractivity (Wildman–Crippen MR) is 124 cm³/mol. The number of hydrogen-bond donors (Lipinski definition) is 1. The number of benzene rings is 2. The predicted octanol–water partition coefficient (Wildman–Crippen LogP) is 4.26. The maximum Gasteiger partial charge on any atom is 0.175 e. The van der Waals surface area contributed by atoms with E-state index in [1.165, 1.54) is 6.07 Å². The van der Waals surface area contributed by atoms with Crippen LogP contribution >= 0.6 is 11.3 Å². The SMILES string of the molecule is O[C@@H](COc1cccc(-c2onc3sccc23)c1)CN1CCN(c2ccccc2F)CC1. The van der Waals surface area contributed by atoms with E-state index in [1.54, 1.807) is 17.4 Å². The zero-order valence-electron chi connectivity index (χ0n) is 17.5. The second-order valence-corrected chi connectivity index (χ2v) is 8.78. The quantitative estimate of drug-likeness (QED) is 0.451. The molecule has 1 saturated heterocycles. The van der Waals surface area contributed by atoms with E-state index in [2.05, 4.69) is 10.1 Å². The normalized spacial score (nSPS) is 15.9. The highest BCUT2D eigenvalue weighted by atomic mass is 32.1. The molecule has 0 radical (unpaired) electrons. The average Bonchev–Trinajstić information content (AvgIpc) is 3.43. The Kier molecular flexibility index (Phi) is 6.07. The third kappa shape index (κ3) is 4.48. The summed E-state index contributed by atoms with van der Waals surface area (Å²) in [5, 5.41) is 17.6. The number of piperazine rings is 1. The number of ether oxygens (including phenoxy) is 1. The van der Waals surface area contributed by atoms with Gasteiger partial charge >= 0.3 is 0 Å². The van der Waals surface area contributed by atoms with Gasteiger partial charge in [-0.25, -0.2) is 4.39 Å². The Morgan fingerprint density at radius 2 is 1.94 bits per heavy atom. The lowest BCUT2D eigenvalue weighted by atomic mass is 10.1. The fourth-order valence-electron chi connectivity index (χ4n) is 4.04. The molecule has 0 bridgehead atoms. The number of para-hydroxylation sites is 1. The number of fused-ring (bicyclic) bond motifs is 1. The Labute approximate surface area is 189 Å². The third-order valence-corrected chi connectivity index (χ3v) is 6.47. The molecular weight excluding hydrogens is 429 g/mol. The summed E-state index contributed by atoms with van der Waals surface area (Å²) in [6.07, 6.45) is -0.618. The van der Waals surface area contributed by atoms with Crippen molar-refractivity contribution in [3.63, 3.8) is 0 Å². The second-order valence-electron chi connectivity index (χ2n) is 7.88. The van der Waals surface area contributed by atoms with Crippen molar-refractivity contribution in [3.05, 3.63) is 65.8 Å². The molecule has 1 fully saturated rings. The van der Waals surface area contributed by atoms with Crippen LogP contribution in [0, 0.1) is 5.82 Å². The molecule has 4 aromatic rings. The van der Waals surface area contributed by atoms with Crippen molar-refractivity contribution in [2.75, 3.05) is 44.2 Å². The Hall–Kier alpha value is -2.94. The summed E-state index contributed by atoms with van der Waals surface area (Å²) in [5.41, 5.74) is 1.53. The van der Waals surface area contributed by atoms with Gasteiger partial charge < -0.3 is 19.3 Å². The van der Waals surface area contributed by atoms with E-state index >= 15 is 0 Å². The van der Waals surface area contributed by atoms with E-state index in [0.717, 1.165) is 47.7 Å². The Bertz CT molecular complexity index is 1190. The van der Waals surface area contributed by atoms with Crippen molar-refractivity contribution in [1.29, 1.82) is 0 Å². The summed E-state index contributed by atoms with van der Waals surface area (Å²) in [4.78, 5) is 5.11. The first-order chi connectivity index (χ1) is 15.7. The number of hydrogen-bond acceptors (Lipinski definition) is 7. The topological polar surface area (TPSA) is 62.0 Å². The van der Waals surface area contributed by atoms with Gasteiger partial charge in [0.05, 0.1) is 11.1 Å². The number of aliphatic hydroxyl groups excluding tert-OH is 1. The molecule has 1 aliphatic heterocycles. The number of anilines is 1. The number of aliphatic hydroxyl groups is 1. The largest absolute Gasteiger partial charge is 0.491 e. The summed E-state index contributed by atoms with van der Waals surface area (Å²) >= 11 is 1.54. The average molecular weight is 454 g/mol. The fraction of sp³-hybridized carbons (Fsp3) is 0.292. The molecule has 0 unspecified atom stereocenters. The van der Waals surface area contributed by atoms with E-state index in [-0.39, 0.29) is 12.4 Å². The van der Waals surface area contributed by atoms with E-state index in [9.17, 15) is 9.50 Å². The van der Waals surface area contributed by atoms with Crippen molar-refractivity contribution in [1.82, 2.24) is 10.1 Å². The number of thiophene rings is 1. The monoisotopic (exact) mass is 453 g/mol. The minimum absolute atomic E-state index is 0.193. The van der Waals surface area contributed by atoms with Crippen molar-refractivity contribution in [2.45, 2.75) is 6.10 Å². The van der Waals surface area contributed by atoms with Crippen LogP contribution in [0.4, 0.5) is 10.1 Å². The molecule has 1 atom stereocenters. The maximum absolute atomic E-state index is 14.0. The molecule has 1 aliphatic rings. The maximum atomic E-state index is 14.0. The highest BCUT2D eigenvalue weighted by Crippen LogP contribution is 2.33. The van der Waals surface area contributed by atoms with Gasteiger partial charge in [0.25, 0.3) is 0 Å². The van der Waals surface area contributed by atoms with Gasteiger partial charge in [0.1, 0.15) is 24.3 Å². The zero-order valence-corrected chi connectivity index (χ0v) is 18.3. The Balaban J connectivity index is 1.13. The Morgan fingerprint density at radius 1 is 1.09 bits per heavy atom. The number of nitrogens with zero attached hydrogens (tertiary/aromatic N) is 3. The van der Waals surface area contributed by atoms with Gasteiger partial charge in [0.15, 0.2) is 10.6 Å². The van der Waals surface area contributed by atoms with Crippen LogP contribution in [0.25, 0.3) is 21.5 Å². The summed E-state index contributed by atoms with van der Waals surface area (Å²) < 4.78 is 25.3. The molecule has 0 saturated carbocycles. The van der Waals surface area contributed by atoms with Crippen molar-refractivity contribution in [3.8, 4) is 17.1 Å². The standard InChI is InChI=1S/C24H24FN3O3S/c25-21-6-1-2-7-22(21)28-11-9-27(10-12-28)15-18(29)16-30-19-5-3-4-17(14-19)23-20-8-13-32-24(20)26-31-23/h1-8,13-14,18,29H,9-12,15-16H2/t18-/m1/s1. The number of halogens is 1. The second kappa shape index (κ2) is 9.28. The summed E-state index contributed by atoms with van der Waals surface area (Å²) in [6, 6.07) is 16.5. The minimum Gasteiger partial charge on any atom is -0.491 e.